The van der Waals surface area contributed by atoms with Gasteiger partial charge in [0.15, 0.2) is 0 Å². The van der Waals surface area contributed by atoms with Crippen LogP contribution in [0, 0.1) is 0 Å². The number of hydrogen-bond acceptors (Lipinski definition) is 2. The van der Waals surface area contributed by atoms with E-state index in [0.717, 1.165) is 26.0 Å². The third kappa shape index (κ3) is 10.1. The molecule has 0 unspecified atom stereocenters. The Morgan fingerprint density at radius 2 is 1.87 bits per heavy atom. The molecule has 1 rings (SSSR count). The van der Waals surface area contributed by atoms with E-state index in [4.69, 9.17) is 15.0 Å². The van der Waals surface area contributed by atoms with Gasteiger partial charge >= 0.3 is 0 Å². The Bertz CT molecular complexity index is 287. The van der Waals surface area contributed by atoms with Crippen LogP contribution < -0.4 is 0 Å². The Balaban J connectivity index is 0.000000423. The summed E-state index contributed by atoms with van der Waals surface area (Å²) >= 11 is 0. The molecule has 1 aromatic rings. The van der Waals surface area contributed by atoms with Gasteiger partial charge in [-0.2, -0.15) is 0 Å². The molecule has 0 atom stereocenters. The van der Waals surface area contributed by atoms with Crippen molar-refractivity contribution in [3.05, 3.63) is 48.2 Å². The summed E-state index contributed by atoms with van der Waals surface area (Å²) in [6.45, 7) is 1.08. The van der Waals surface area contributed by atoms with E-state index >= 15 is 0 Å². The number of aliphatic carboxylic acids is 1. The molecule has 2 N–H and O–H groups in total. The van der Waals surface area contributed by atoms with E-state index in [1.54, 1.807) is 6.08 Å². The molecule has 0 heterocycles. The van der Waals surface area contributed by atoms with Crippen LogP contribution in [-0.2, 0) is 11.2 Å². The van der Waals surface area contributed by atoms with Gasteiger partial charge in [-0.3, -0.25) is 4.79 Å². The number of rotatable bonds is 3. The fourth-order valence-corrected chi connectivity index (χ4v) is 0.969. The molecule has 3 nitrogen and oxygen atoms in total. The quantitative estimate of drug-likeness (QED) is 0.751. The first-order valence-electron chi connectivity index (χ1n) is 4.69. The van der Waals surface area contributed by atoms with E-state index < -0.39 is 5.97 Å². The monoisotopic (exact) mass is 208 g/mol. The predicted octanol–water partition coefficient (Wildman–Crippen LogP) is 2.78. The Morgan fingerprint density at radius 3 is 2.33 bits per heavy atom. The van der Waals surface area contributed by atoms with Crippen LogP contribution in [0.4, 0.5) is 0 Å². The molecular weight excluding hydrogens is 192 g/mol. The van der Waals surface area contributed by atoms with Crippen LogP contribution in [-0.4, -0.2) is 16.2 Å². The van der Waals surface area contributed by atoms with Gasteiger partial charge in [0.25, 0.3) is 5.97 Å². The summed E-state index contributed by atoms with van der Waals surface area (Å²) in [6.07, 6.45) is 4.76. The molecule has 0 saturated carbocycles. The molecule has 0 amide bonds. The normalized spacial score (nSPS) is 9.40. The molecule has 82 valence electrons. The van der Waals surface area contributed by atoms with Crippen molar-refractivity contribution >= 4 is 5.97 Å². The number of hydrogen-bond donors (Lipinski definition) is 2. The molecule has 0 aromatic heterocycles. The van der Waals surface area contributed by atoms with Crippen LogP contribution in [0.15, 0.2) is 42.7 Å². The van der Waals surface area contributed by atoms with Gasteiger partial charge in [-0.05, 0) is 24.5 Å². The number of carbonyl (C=O) groups is 1. The van der Waals surface area contributed by atoms with E-state index in [2.05, 4.69) is 12.1 Å². The maximum Gasteiger partial charge on any atom is 0.300 e. The highest BCUT2D eigenvalue weighted by Gasteiger charge is 1.86. The average molecular weight is 208 g/mol. The zero-order chi connectivity index (χ0) is 11.5. The van der Waals surface area contributed by atoms with Crippen molar-refractivity contribution in [2.24, 2.45) is 0 Å². The fourth-order valence-electron chi connectivity index (χ4n) is 0.969. The molecule has 0 aliphatic rings. The number of aliphatic hydroxyl groups excluding tert-OH is 1. The molecule has 15 heavy (non-hydrogen) atoms. The topological polar surface area (TPSA) is 57.5 Å². The second kappa shape index (κ2) is 8.81. The second-order valence-corrected chi connectivity index (χ2v) is 2.93. The van der Waals surface area contributed by atoms with Gasteiger partial charge in [0.05, 0.1) is 6.26 Å². The summed E-state index contributed by atoms with van der Waals surface area (Å²) in [5.41, 5.74) is 1.31. The molecule has 0 radical (unpaired) electrons. The Morgan fingerprint density at radius 1 is 1.33 bits per heavy atom. The lowest BCUT2D eigenvalue weighted by molar-refractivity contribution is -0.134. The minimum atomic E-state index is -0.833. The average Bonchev–Trinajstić information content (AvgIpc) is 2.19. The van der Waals surface area contributed by atoms with Gasteiger partial charge in [0, 0.05) is 6.92 Å². The summed E-state index contributed by atoms with van der Waals surface area (Å²) in [5, 5.41) is 15.8. The van der Waals surface area contributed by atoms with Crippen LogP contribution in [0.25, 0.3) is 0 Å². The Hall–Kier alpha value is -1.77. The molecule has 0 spiro atoms. The number of carboxylic acids is 1. The first-order chi connectivity index (χ1) is 7.16. The van der Waals surface area contributed by atoms with Crippen LogP contribution in [0.5, 0.6) is 0 Å². The molecule has 0 aliphatic carbocycles. The maximum atomic E-state index is 9.00. The molecule has 0 aliphatic heterocycles. The fraction of sp³-hybridized carbons (Fsp3) is 0.250. The van der Waals surface area contributed by atoms with Crippen molar-refractivity contribution in [1.82, 2.24) is 0 Å². The van der Waals surface area contributed by atoms with Gasteiger partial charge in [-0.25, -0.2) is 0 Å². The third-order valence-electron chi connectivity index (χ3n) is 1.55. The van der Waals surface area contributed by atoms with Crippen LogP contribution in [0.3, 0.4) is 0 Å². The summed E-state index contributed by atoms with van der Waals surface area (Å²) in [7, 11) is 0. The van der Waals surface area contributed by atoms with E-state index in [-0.39, 0.29) is 0 Å². The summed E-state index contributed by atoms with van der Waals surface area (Å²) in [5.74, 6) is -0.833. The highest BCUT2D eigenvalue weighted by Crippen LogP contribution is 2.01. The standard InChI is InChI=1S/C10H12O.C2H4O2/c11-9-5-4-8-10-6-2-1-3-7-10;1-2(3)4/h1-3,5-7,9,11H,4,8H2;1H3,(H,3,4). The predicted molar refractivity (Wildman–Crippen MR) is 59.8 cm³/mol. The first kappa shape index (κ1) is 13.2. The van der Waals surface area contributed by atoms with Gasteiger partial charge in [-0.1, -0.05) is 30.3 Å². The largest absolute Gasteiger partial charge is 0.516 e. The lowest BCUT2D eigenvalue weighted by atomic mass is 10.1. The van der Waals surface area contributed by atoms with E-state index in [1.807, 2.05) is 18.2 Å². The van der Waals surface area contributed by atoms with Crippen LogP contribution in [0.1, 0.15) is 18.9 Å². The van der Waals surface area contributed by atoms with Gasteiger partial charge in [0.2, 0.25) is 0 Å². The number of aryl methyl sites for hydroxylation is 1. The van der Waals surface area contributed by atoms with E-state index in [9.17, 15) is 0 Å². The molecule has 0 fully saturated rings. The van der Waals surface area contributed by atoms with E-state index in [1.165, 1.54) is 5.56 Å². The molecule has 0 saturated heterocycles. The van der Waals surface area contributed by atoms with Gasteiger partial charge < -0.3 is 10.2 Å². The van der Waals surface area contributed by atoms with Crippen molar-refractivity contribution in [3.63, 3.8) is 0 Å². The number of carboxylic acid groups (broad SMARTS) is 1. The lowest BCUT2D eigenvalue weighted by Crippen LogP contribution is -1.80. The number of allylic oxidation sites excluding steroid dienone is 1. The van der Waals surface area contributed by atoms with Crippen molar-refractivity contribution in [3.8, 4) is 0 Å². The zero-order valence-corrected chi connectivity index (χ0v) is 8.76. The minimum absolute atomic E-state index is 0.833. The first-order valence-corrected chi connectivity index (χ1v) is 4.69. The Kier molecular flexibility index (Phi) is 7.77. The van der Waals surface area contributed by atoms with Crippen LogP contribution >= 0.6 is 0 Å². The number of aliphatic hydroxyl groups is 1. The molecule has 3 heteroatoms. The minimum Gasteiger partial charge on any atom is -0.516 e. The molecule has 1 aromatic carbocycles. The third-order valence-corrected chi connectivity index (χ3v) is 1.55. The van der Waals surface area contributed by atoms with Gasteiger partial charge in [0.1, 0.15) is 0 Å². The highest BCUT2D eigenvalue weighted by molar-refractivity contribution is 5.62. The van der Waals surface area contributed by atoms with Crippen molar-refractivity contribution < 1.29 is 15.0 Å². The second-order valence-electron chi connectivity index (χ2n) is 2.93. The molecular formula is C12H16O3. The summed E-state index contributed by atoms with van der Waals surface area (Å²) < 4.78 is 0. The summed E-state index contributed by atoms with van der Waals surface area (Å²) in [6, 6.07) is 10.2. The van der Waals surface area contributed by atoms with Crippen molar-refractivity contribution in [2.45, 2.75) is 19.8 Å². The zero-order valence-electron chi connectivity index (χ0n) is 8.76. The van der Waals surface area contributed by atoms with Crippen LogP contribution in [0.2, 0.25) is 0 Å². The SMILES string of the molecule is CC(=O)O.OC=CCCc1ccccc1. The van der Waals surface area contributed by atoms with Gasteiger partial charge in [-0.15, -0.1) is 0 Å². The smallest absolute Gasteiger partial charge is 0.300 e. The summed E-state index contributed by atoms with van der Waals surface area (Å²) in [4.78, 5) is 9.00. The molecule has 0 bridgehead atoms. The van der Waals surface area contributed by atoms with E-state index in [0.29, 0.717) is 0 Å². The lowest BCUT2D eigenvalue weighted by Gasteiger charge is -1.94. The highest BCUT2D eigenvalue weighted by atomic mass is 16.4. The maximum absolute atomic E-state index is 9.00. The number of benzene rings is 1. The Labute approximate surface area is 89.7 Å². The van der Waals surface area contributed by atoms with Crippen molar-refractivity contribution in [2.75, 3.05) is 0 Å². The van der Waals surface area contributed by atoms with Crippen molar-refractivity contribution in [1.29, 1.82) is 0 Å².